The molecule has 0 saturated heterocycles. The second-order valence-electron chi connectivity index (χ2n) is 6.72. The van der Waals surface area contributed by atoms with E-state index < -0.39 is 15.1 Å². The summed E-state index contributed by atoms with van der Waals surface area (Å²) in [4.78, 5) is 17.3. The summed E-state index contributed by atoms with van der Waals surface area (Å²) in [6.07, 6.45) is 0. The molecule has 28 heavy (non-hydrogen) atoms. The average molecular weight is 411 g/mol. The summed E-state index contributed by atoms with van der Waals surface area (Å²) in [5.41, 5.74) is 1.24. The number of sulfone groups is 1. The first-order valence-corrected chi connectivity index (χ1v) is 11.2. The molecule has 0 aliphatic carbocycles. The van der Waals surface area contributed by atoms with E-state index in [1.165, 1.54) is 35.6 Å². The van der Waals surface area contributed by atoms with Gasteiger partial charge in [0, 0.05) is 10.9 Å². The SMILES string of the molecule is CC(C)S(=O)(=O)c1ccc(C(=O)Nc2nc3c(ccc4ccccc43)s2)cc1. The van der Waals surface area contributed by atoms with E-state index in [-0.39, 0.29) is 10.8 Å². The van der Waals surface area contributed by atoms with Gasteiger partial charge in [-0.25, -0.2) is 13.4 Å². The van der Waals surface area contributed by atoms with Crippen LogP contribution in [0.4, 0.5) is 5.13 Å². The fourth-order valence-corrected chi connectivity index (χ4v) is 4.89. The summed E-state index contributed by atoms with van der Waals surface area (Å²) in [6.45, 7) is 3.26. The number of hydrogen-bond acceptors (Lipinski definition) is 5. The Morgan fingerprint density at radius 3 is 2.43 bits per heavy atom. The molecule has 0 radical (unpaired) electrons. The number of amides is 1. The van der Waals surface area contributed by atoms with Gasteiger partial charge in [-0.2, -0.15) is 0 Å². The number of fused-ring (bicyclic) bond motifs is 3. The third-order valence-corrected chi connectivity index (χ3v) is 7.68. The van der Waals surface area contributed by atoms with Gasteiger partial charge in [0.25, 0.3) is 5.91 Å². The van der Waals surface area contributed by atoms with Crippen molar-refractivity contribution >= 4 is 53.2 Å². The maximum absolute atomic E-state index is 12.6. The quantitative estimate of drug-likeness (QED) is 0.520. The van der Waals surface area contributed by atoms with Crippen LogP contribution in [-0.2, 0) is 9.84 Å². The topological polar surface area (TPSA) is 76.1 Å². The van der Waals surface area contributed by atoms with Gasteiger partial charge in [0.2, 0.25) is 0 Å². The van der Waals surface area contributed by atoms with Crippen LogP contribution in [0, 0.1) is 0 Å². The highest BCUT2D eigenvalue weighted by Gasteiger charge is 2.19. The van der Waals surface area contributed by atoms with Gasteiger partial charge in [0.05, 0.1) is 20.4 Å². The zero-order valence-corrected chi connectivity index (χ0v) is 17.0. The number of benzene rings is 3. The van der Waals surface area contributed by atoms with Crippen LogP contribution in [0.15, 0.2) is 65.6 Å². The van der Waals surface area contributed by atoms with Crippen LogP contribution in [0.2, 0.25) is 0 Å². The predicted octanol–water partition coefficient (Wildman–Crippen LogP) is 4.88. The smallest absolute Gasteiger partial charge is 0.257 e. The molecule has 0 aliphatic rings. The van der Waals surface area contributed by atoms with Crippen LogP contribution in [0.5, 0.6) is 0 Å². The molecule has 3 aromatic carbocycles. The largest absolute Gasteiger partial charge is 0.298 e. The van der Waals surface area contributed by atoms with E-state index in [1.54, 1.807) is 13.8 Å². The molecule has 0 unspecified atom stereocenters. The second-order valence-corrected chi connectivity index (χ2v) is 10.3. The number of nitrogens with zero attached hydrogens (tertiary/aromatic N) is 1. The summed E-state index contributed by atoms with van der Waals surface area (Å²) in [6, 6.07) is 18.0. The molecule has 7 heteroatoms. The number of carbonyl (C=O) groups is 1. The van der Waals surface area contributed by atoms with Crippen molar-refractivity contribution < 1.29 is 13.2 Å². The molecule has 1 aromatic heterocycles. The number of anilines is 1. The molecule has 0 bridgehead atoms. The highest BCUT2D eigenvalue weighted by Crippen LogP contribution is 2.31. The maximum Gasteiger partial charge on any atom is 0.257 e. The van der Waals surface area contributed by atoms with Crippen LogP contribution >= 0.6 is 11.3 Å². The van der Waals surface area contributed by atoms with E-state index in [1.807, 2.05) is 36.4 Å². The molecule has 0 aliphatic heterocycles. The number of nitrogens with one attached hydrogen (secondary N) is 1. The van der Waals surface area contributed by atoms with Gasteiger partial charge in [-0.1, -0.05) is 41.7 Å². The molecule has 5 nitrogen and oxygen atoms in total. The predicted molar refractivity (Wildman–Crippen MR) is 114 cm³/mol. The van der Waals surface area contributed by atoms with E-state index in [9.17, 15) is 13.2 Å². The lowest BCUT2D eigenvalue weighted by Crippen LogP contribution is -2.15. The van der Waals surface area contributed by atoms with Gasteiger partial charge in [-0.05, 0) is 49.6 Å². The third kappa shape index (κ3) is 3.27. The number of aromatic nitrogens is 1. The lowest BCUT2D eigenvalue weighted by molar-refractivity contribution is 0.102. The van der Waals surface area contributed by atoms with Gasteiger partial charge in [0.15, 0.2) is 15.0 Å². The molecule has 0 saturated carbocycles. The van der Waals surface area contributed by atoms with Crippen LogP contribution < -0.4 is 5.32 Å². The van der Waals surface area contributed by atoms with Gasteiger partial charge in [-0.3, -0.25) is 10.1 Å². The summed E-state index contributed by atoms with van der Waals surface area (Å²) in [7, 11) is -3.36. The van der Waals surface area contributed by atoms with E-state index in [0.717, 1.165) is 21.0 Å². The van der Waals surface area contributed by atoms with Gasteiger partial charge in [0.1, 0.15) is 0 Å². The van der Waals surface area contributed by atoms with Crippen molar-refractivity contribution in [2.45, 2.75) is 24.0 Å². The Morgan fingerprint density at radius 2 is 1.71 bits per heavy atom. The van der Waals surface area contributed by atoms with E-state index in [4.69, 9.17) is 0 Å². The summed E-state index contributed by atoms with van der Waals surface area (Å²) in [5, 5.41) is 4.95. The lowest BCUT2D eigenvalue weighted by Gasteiger charge is -2.08. The molecule has 0 fully saturated rings. The third-order valence-electron chi connectivity index (χ3n) is 4.57. The number of hydrogen-bond donors (Lipinski definition) is 1. The average Bonchev–Trinajstić information content (AvgIpc) is 3.11. The number of carbonyl (C=O) groups excluding carboxylic acids is 1. The Kier molecular flexibility index (Phi) is 4.64. The monoisotopic (exact) mass is 410 g/mol. The van der Waals surface area contributed by atoms with Crippen LogP contribution in [-0.4, -0.2) is 24.6 Å². The van der Waals surface area contributed by atoms with E-state index >= 15 is 0 Å². The molecular weight excluding hydrogens is 392 g/mol. The minimum absolute atomic E-state index is 0.213. The molecular formula is C21H18N2O3S2. The van der Waals surface area contributed by atoms with Crippen LogP contribution in [0.3, 0.4) is 0 Å². The number of thiazole rings is 1. The second kappa shape index (κ2) is 7.00. The molecule has 142 valence electrons. The Morgan fingerprint density at radius 1 is 1.00 bits per heavy atom. The van der Waals surface area contributed by atoms with Gasteiger partial charge in [-0.15, -0.1) is 0 Å². The Bertz CT molecular complexity index is 1290. The Labute approximate surface area is 167 Å². The summed E-state index contributed by atoms with van der Waals surface area (Å²) >= 11 is 1.41. The van der Waals surface area contributed by atoms with E-state index in [0.29, 0.717) is 10.7 Å². The molecule has 4 aromatic rings. The van der Waals surface area contributed by atoms with Crippen LogP contribution in [0.25, 0.3) is 21.0 Å². The first-order chi connectivity index (χ1) is 13.4. The van der Waals surface area contributed by atoms with Crippen molar-refractivity contribution in [3.8, 4) is 0 Å². The van der Waals surface area contributed by atoms with Crippen molar-refractivity contribution in [2.24, 2.45) is 0 Å². The zero-order chi connectivity index (χ0) is 19.9. The van der Waals surface area contributed by atoms with Crippen LogP contribution in [0.1, 0.15) is 24.2 Å². The Balaban J connectivity index is 1.61. The zero-order valence-electron chi connectivity index (χ0n) is 15.3. The lowest BCUT2D eigenvalue weighted by atomic mass is 10.1. The normalized spacial score (nSPS) is 12.0. The van der Waals surface area contributed by atoms with E-state index in [2.05, 4.69) is 10.3 Å². The Hall–Kier alpha value is -2.77. The minimum atomic E-state index is -3.36. The van der Waals surface area contributed by atoms with Crippen molar-refractivity contribution in [3.05, 3.63) is 66.2 Å². The van der Waals surface area contributed by atoms with Gasteiger partial charge < -0.3 is 0 Å². The molecule has 1 heterocycles. The van der Waals surface area contributed by atoms with Gasteiger partial charge >= 0.3 is 0 Å². The first-order valence-electron chi connectivity index (χ1n) is 8.80. The molecule has 1 amide bonds. The highest BCUT2D eigenvalue weighted by atomic mass is 32.2. The molecule has 1 N–H and O–H groups in total. The first kappa shape index (κ1) is 18.6. The van der Waals surface area contributed by atoms with Crippen molar-refractivity contribution in [1.29, 1.82) is 0 Å². The van der Waals surface area contributed by atoms with Crippen molar-refractivity contribution in [2.75, 3.05) is 5.32 Å². The van der Waals surface area contributed by atoms with Crippen molar-refractivity contribution in [1.82, 2.24) is 4.98 Å². The number of rotatable bonds is 4. The molecule has 0 spiro atoms. The highest BCUT2D eigenvalue weighted by molar-refractivity contribution is 7.92. The molecule has 0 atom stereocenters. The summed E-state index contributed by atoms with van der Waals surface area (Å²) < 4.78 is 25.4. The summed E-state index contributed by atoms with van der Waals surface area (Å²) in [5.74, 6) is -0.322. The minimum Gasteiger partial charge on any atom is -0.298 e. The standard InChI is InChI=1S/C21H18N2O3S2/c1-13(2)28(25,26)16-10-7-15(8-11-16)20(24)23-21-22-19-17-6-4-3-5-14(17)9-12-18(19)27-21/h3-13H,1-2H3,(H,22,23,24). The fraction of sp³-hybridized carbons (Fsp3) is 0.143. The maximum atomic E-state index is 12.6. The molecule has 4 rings (SSSR count). The van der Waals surface area contributed by atoms with Crippen molar-refractivity contribution in [3.63, 3.8) is 0 Å². The fourth-order valence-electron chi connectivity index (χ4n) is 2.95.